The van der Waals surface area contributed by atoms with Crippen molar-refractivity contribution in [3.05, 3.63) is 82.4 Å². The van der Waals surface area contributed by atoms with E-state index in [4.69, 9.17) is 4.98 Å². The number of hydrogen-bond acceptors (Lipinski definition) is 2. The number of carbonyl (C=O) groups excluding carboxylic acids is 1. The van der Waals surface area contributed by atoms with Crippen LogP contribution >= 0.6 is 0 Å². The molecule has 2 nitrogen and oxygen atoms in total. The Labute approximate surface area is 219 Å². The SMILES string of the molecule is C=C=C(CC)Cc1ccc(Cc2cccc(C(=O)CC3CCCC(C)CC3)c2)nc1CC1CCCC1. The lowest BCUT2D eigenvalue weighted by atomic mass is 9.91. The van der Waals surface area contributed by atoms with E-state index < -0.39 is 0 Å². The number of hydrogen-bond donors (Lipinski definition) is 0. The minimum absolute atomic E-state index is 0.310. The molecule has 0 bridgehead atoms. The Kier molecular flexibility index (Phi) is 9.76. The lowest BCUT2D eigenvalue weighted by Gasteiger charge is -2.15. The number of nitrogens with zero attached hydrogens (tertiary/aromatic N) is 1. The van der Waals surface area contributed by atoms with Crippen LogP contribution in [0.3, 0.4) is 0 Å². The predicted octanol–water partition coefficient (Wildman–Crippen LogP) is 8.86. The van der Waals surface area contributed by atoms with Crippen molar-refractivity contribution in [2.75, 3.05) is 0 Å². The highest BCUT2D eigenvalue weighted by molar-refractivity contribution is 5.96. The summed E-state index contributed by atoms with van der Waals surface area (Å²) >= 11 is 0. The third-order valence-corrected chi connectivity index (χ3v) is 8.65. The van der Waals surface area contributed by atoms with E-state index in [0.29, 0.717) is 18.1 Å². The van der Waals surface area contributed by atoms with Crippen molar-refractivity contribution in [3.63, 3.8) is 0 Å². The highest BCUT2D eigenvalue weighted by Gasteiger charge is 2.21. The molecule has 1 heterocycles. The zero-order valence-corrected chi connectivity index (χ0v) is 22.7. The molecule has 0 aliphatic heterocycles. The van der Waals surface area contributed by atoms with E-state index >= 15 is 0 Å². The Bertz CT molecular complexity index is 1070. The second-order valence-electron chi connectivity index (χ2n) is 11.6. The maximum atomic E-state index is 13.1. The van der Waals surface area contributed by atoms with Gasteiger partial charge in [-0.3, -0.25) is 9.78 Å². The van der Waals surface area contributed by atoms with Gasteiger partial charge in [-0.2, -0.15) is 0 Å². The quantitative estimate of drug-likeness (QED) is 0.192. The molecule has 2 aromatic rings. The first kappa shape index (κ1) is 26.6. The van der Waals surface area contributed by atoms with Gasteiger partial charge in [0, 0.05) is 36.2 Å². The maximum Gasteiger partial charge on any atom is 0.163 e. The number of aromatic nitrogens is 1. The summed E-state index contributed by atoms with van der Waals surface area (Å²) in [6.45, 7) is 8.42. The molecule has 2 fully saturated rings. The van der Waals surface area contributed by atoms with E-state index in [1.54, 1.807) is 0 Å². The summed E-state index contributed by atoms with van der Waals surface area (Å²) in [6.07, 6.45) is 16.1. The minimum Gasteiger partial charge on any atom is -0.294 e. The van der Waals surface area contributed by atoms with Gasteiger partial charge in [-0.05, 0) is 65.8 Å². The maximum absolute atomic E-state index is 13.1. The molecule has 0 radical (unpaired) electrons. The van der Waals surface area contributed by atoms with Crippen molar-refractivity contribution < 1.29 is 4.79 Å². The lowest BCUT2D eigenvalue weighted by molar-refractivity contribution is 0.0956. The molecular weight excluding hydrogens is 438 g/mol. The second kappa shape index (κ2) is 13.2. The minimum atomic E-state index is 0.310. The molecule has 2 saturated carbocycles. The van der Waals surface area contributed by atoms with E-state index in [1.807, 2.05) is 12.1 Å². The Morgan fingerprint density at radius 3 is 2.58 bits per heavy atom. The third-order valence-electron chi connectivity index (χ3n) is 8.65. The molecule has 0 amide bonds. The van der Waals surface area contributed by atoms with Crippen LogP contribution in [0.25, 0.3) is 0 Å². The molecule has 2 unspecified atom stereocenters. The van der Waals surface area contributed by atoms with Crippen molar-refractivity contribution >= 4 is 5.78 Å². The second-order valence-corrected chi connectivity index (χ2v) is 11.6. The molecule has 4 rings (SSSR count). The highest BCUT2D eigenvalue weighted by Crippen LogP contribution is 2.31. The smallest absolute Gasteiger partial charge is 0.163 e. The van der Waals surface area contributed by atoms with E-state index in [-0.39, 0.29) is 0 Å². The van der Waals surface area contributed by atoms with E-state index in [9.17, 15) is 4.79 Å². The standard InChI is InChI=1S/C34H45NO/c1-4-26(5-2)20-30-18-19-32(35-33(30)23-27-11-6-7-12-27)22-29-14-9-15-31(21-29)34(36)24-28-13-8-10-25(3)16-17-28/h9,14-15,18-19,21,25,27-28H,1,5-8,10-13,16-17,20,22-24H2,2-3H3. The summed E-state index contributed by atoms with van der Waals surface area (Å²) in [5.41, 5.74) is 10.1. The number of ketones is 1. The van der Waals surface area contributed by atoms with Crippen LogP contribution < -0.4 is 0 Å². The third kappa shape index (κ3) is 7.53. The Morgan fingerprint density at radius 2 is 1.81 bits per heavy atom. The summed E-state index contributed by atoms with van der Waals surface area (Å²) in [7, 11) is 0. The molecular formula is C34H45NO. The van der Waals surface area contributed by atoms with Crippen LogP contribution in [0.15, 0.2) is 54.3 Å². The molecule has 2 atom stereocenters. The van der Waals surface area contributed by atoms with Crippen molar-refractivity contribution in [1.82, 2.24) is 4.98 Å². The van der Waals surface area contributed by atoms with Crippen molar-refractivity contribution in [3.8, 4) is 0 Å². The van der Waals surface area contributed by atoms with Crippen LogP contribution in [0, 0.1) is 17.8 Å². The van der Waals surface area contributed by atoms with Crippen LogP contribution in [0.5, 0.6) is 0 Å². The number of pyridine rings is 1. The molecule has 2 aliphatic rings. The predicted molar refractivity (Wildman–Crippen MR) is 150 cm³/mol. The fraction of sp³-hybridized carbons (Fsp3) is 0.559. The Balaban J connectivity index is 1.47. The number of allylic oxidation sites excluding steroid dienone is 1. The van der Waals surface area contributed by atoms with Gasteiger partial charge in [0.2, 0.25) is 0 Å². The lowest BCUT2D eigenvalue weighted by Crippen LogP contribution is -2.10. The van der Waals surface area contributed by atoms with Crippen LogP contribution in [-0.4, -0.2) is 10.8 Å². The van der Waals surface area contributed by atoms with Gasteiger partial charge in [0.15, 0.2) is 5.78 Å². The number of benzene rings is 1. The van der Waals surface area contributed by atoms with Crippen LogP contribution in [-0.2, 0) is 19.3 Å². The number of carbonyl (C=O) groups is 1. The largest absolute Gasteiger partial charge is 0.294 e. The molecule has 0 saturated heterocycles. The molecule has 0 N–H and O–H groups in total. The fourth-order valence-corrected chi connectivity index (χ4v) is 6.25. The molecule has 1 aromatic heterocycles. The first-order valence-corrected chi connectivity index (χ1v) is 14.5. The number of Topliss-reactive ketones (excluding diaryl/α,β-unsaturated/α-hetero) is 1. The first-order chi connectivity index (χ1) is 17.5. The first-order valence-electron chi connectivity index (χ1n) is 14.5. The Hall–Kier alpha value is -2.44. The van der Waals surface area contributed by atoms with Crippen LogP contribution in [0.4, 0.5) is 0 Å². The summed E-state index contributed by atoms with van der Waals surface area (Å²) in [5, 5.41) is 0. The molecule has 2 aliphatic carbocycles. The zero-order chi connectivity index (χ0) is 25.3. The summed E-state index contributed by atoms with van der Waals surface area (Å²) in [5.74, 6) is 2.44. The normalized spacial score (nSPS) is 20.6. The average molecular weight is 484 g/mol. The van der Waals surface area contributed by atoms with E-state index in [0.717, 1.165) is 48.8 Å². The van der Waals surface area contributed by atoms with Gasteiger partial charge >= 0.3 is 0 Å². The van der Waals surface area contributed by atoms with Crippen LogP contribution in [0.1, 0.15) is 117 Å². The van der Waals surface area contributed by atoms with Gasteiger partial charge in [0.25, 0.3) is 0 Å². The molecule has 0 spiro atoms. The molecule has 2 heteroatoms. The van der Waals surface area contributed by atoms with E-state index in [1.165, 1.54) is 80.2 Å². The average Bonchev–Trinajstić information content (AvgIpc) is 3.31. The van der Waals surface area contributed by atoms with Gasteiger partial charge in [0.05, 0.1) is 0 Å². The Morgan fingerprint density at radius 1 is 1.00 bits per heavy atom. The van der Waals surface area contributed by atoms with Gasteiger partial charge < -0.3 is 0 Å². The van der Waals surface area contributed by atoms with Gasteiger partial charge in [-0.25, -0.2) is 0 Å². The van der Waals surface area contributed by atoms with Gasteiger partial charge in [-0.1, -0.05) is 96.1 Å². The zero-order valence-electron chi connectivity index (χ0n) is 22.7. The molecule has 1 aromatic carbocycles. The molecule has 192 valence electrons. The van der Waals surface area contributed by atoms with Crippen molar-refractivity contribution in [2.45, 2.75) is 104 Å². The summed E-state index contributed by atoms with van der Waals surface area (Å²) in [4.78, 5) is 18.3. The van der Waals surface area contributed by atoms with Gasteiger partial charge in [-0.15, -0.1) is 5.73 Å². The highest BCUT2D eigenvalue weighted by atomic mass is 16.1. The fourth-order valence-electron chi connectivity index (χ4n) is 6.25. The molecule has 36 heavy (non-hydrogen) atoms. The van der Waals surface area contributed by atoms with Crippen LogP contribution in [0.2, 0.25) is 0 Å². The topological polar surface area (TPSA) is 30.0 Å². The van der Waals surface area contributed by atoms with Crippen molar-refractivity contribution in [1.29, 1.82) is 0 Å². The van der Waals surface area contributed by atoms with Crippen molar-refractivity contribution in [2.24, 2.45) is 17.8 Å². The van der Waals surface area contributed by atoms with E-state index in [2.05, 4.69) is 50.4 Å². The number of rotatable bonds is 10. The van der Waals surface area contributed by atoms with Gasteiger partial charge in [0.1, 0.15) is 0 Å². The summed E-state index contributed by atoms with van der Waals surface area (Å²) < 4.78 is 0. The summed E-state index contributed by atoms with van der Waals surface area (Å²) in [6, 6.07) is 12.8. The monoisotopic (exact) mass is 483 g/mol.